The number of aliphatic hydroxyl groups is 1. The molecule has 2 heteroatoms. The SMILES string of the molecule is CCCC(C)(CC)C(O)OC(C)(C)C1CCCCC1. The van der Waals surface area contributed by atoms with E-state index in [0.717, 1.165) is 19.3 Å². The van der Waals surface area contributed by atoms with Crippen molar-refractivity contribution in [2.75, 3.05) is 0 Å². The van der Waals surface area contributed by atoms with Crippen LogP contribution < -0.4 is 0 Å². The molecule has 0 aromatic heterocycles. The minimum Gasteiger partial charge on any atom is -0.367 e. The molecule has 0 aliphatic heterocycles. The third-order valence-electron chi connectivity index (χ3n) is 5.23. The van der Waals surface area contributed by atoms with Gasteiger partial charge in [0.2, 0.25) is 0 Å². The quantitative estimate of drug-likeness (QED) is 0.667. The van der Waals surface area contributed by atoms with E-state index in [0.29, 0.717) is 5.92 Å². The highest BCUT2D eigenvalue weighted by Crippen LogP contribution is 2.39. The van der Waals surface area contributed by atoms with Crippen molar-refractivity contribution in [3.05, 3.63) is 0 Å². The van der Waals surface area contributed by atoms with E-state index >= 15 is 0 Å². The molecular weight excluding hydrogens is 236 g/mol. The Morgan fingerprint density at radius 2 is 1.68 bits per heavy atom. The first-order chi connectivity index (χ1) is 8.85. The lowest BCUT2D eigenvalue weighted by Crippen LogP contribution is -2.45. The van der Waals surface area contributed by atoms with E-state index in [1.165, 1.54) is 32.1 Å². The van der Waals surface area contributed by atoms with Crippen LogP contribution >= 0.6 is 0 Å². The summed E-state index contributed by atoms with van der Waals surface area (Å²) >= 11 is 0. The standard InChI is InChI=1S/C17H34O2/c1-6-13-17(5,7-2)15(18)19-16(3,4)14-11-9-8-10-12-14/h14-15,18H,6-13H2,1-5H3. The molecule has 1 aliphatic rings. The van der Waals surface area contributed by atoms with Gasteiger partial charge in [-0.15, -0.1) is 0 Å². The first kappa shape index (κ1) is 17.0. The van der Waals surface area contributed by atoms with Crippen molar-refractivity contribution in [1.29, 1.82) is 0 Å². The summed E-state index contributed by atoms with van der Waals surface area (Å²) in [7, 11) is 0. The van der Waals surface area contributed by atoms with Gasteiger partial charge in [-0.2, -0.15) is 0 Å². The van der Waals surface area contributed by atoms with Crippen LogP contribution in [0.15, 0.2) is 0 Å². The van der Waals surface area contributed by atoms with Crippen LogP contribution in [0.5, 0.6) is 0 Å². The maximum absolute atomic E-state index is 10.5. The average Bonchev–Trinajstić information content (AvgIpc) is 2.39. The maximum Gasteiger partial charge on any atom is 0.160 e. The number of aliphatic hydroxyl groups excluding tert-OH is 1. The highest BCUT2D eigenvalue weighted by Gasteiger charge is 2.39. The molecule has 0 aromatic rings. The molecule has 1 saturated carbocycles. The topological polar surface area (TPSA) is 29.5 Å². The number of hydrogen-bond acceptors (Lipinski definition) is 2. The summed E-state index contributed by atoms with van der Waals surface area (Å²) in [6, 6.07) is 0. The Bertz CT molecular complexity index is 256. The van der Waals surface area contributed by atoms with Crippen LogP contribution in [-0.2, 0) is 4.74 Å². The molecule has 114 valence electrons. The van der Waals surface area contributed by atoms with E-state index < -0.39 is 6.29 Å². The summed E-state index contributed by atoms with van der Waals surface area (Å²) in [5, 5.41) is 10.5. The maximum atomic E-state index is 10.5. The second kappa shape index (κ2) is 7.08. The average molecular weight is 270 g/mol. The highest BCUT2D eigenvalue weighted by atomic mass is 16.6. The van der Waals surface area contributed by atoms with Crippen LogP contribution in [0.1, 0.15) is 86.0 Å². The first-order valence-electron chi connectivity index (χ1n) is 8.21. The number of hydrogen-bond donors (Lipinski definition) is 1. The zero-order valence-corrected chi connectivity index (χ0v) is 13.7. The Morgan fingerprint density at radius 1 is 1.11 bits per heavy atom. The van der Waals surface area contributed by atoms with Crippen molar-refractivity contribution in [3.8, 4) is 0 Å². The van der Waals surface area contributed by atoms with Gasteiger partial charge in [-0.05, 0) is 45.4 Å². The summed E-state index contributed by atoms with van der Waals surface area (Å²) in [6.07, 6.45) is 8.91. The lowest BCUT2D eigenvalue weighted by molar-refractivity contribution is -0.243. The fourth-order valence-corrected chi connectivity index (χ4v) is 3.37. The summed E-state index contributed by atoms with van der Waals surface area (Å²) in [4.78, 5) is 0. The van der Waals surface area contributed by atoms with Gasteiger partial charge in [0.15, 0.2) is 6.29 Å². The Kier molecular flexibility index (Phi) is 6.32. The van der Waals surface area contributed by atoms with Gasteiger partial charge in [0, 0.05) is 5.41 Å². The first-order valence-corrected chi connectivity index (χ1v) is 8.21. The Morgan fingerprint density at radius 3 is 2.16 bits per heavy atom. The van der Waals surface area contributed by atoms with Gasteiger partial charge in [-0.3, -0.25) is 0 Å². The van der Waals surface area contributed by atoms with Crippen LogP contribution in [0.2, 0.25) is 0 Å². The molecule has 1 N–H and O–H groups in total. The van der Waals surface area contributed by atoms with Crippen LogP contribution in [0.25, 0.3) is 0 Å². The zero-order valence-electron chi connectivity index (χ0n) is 13.7. The predicted octanol–water partition coefficient (Wildman–Crippen LogP) is 4.90. The van der Waals surface area contributed by atoms with Gasteiger partial charge in [0.05, 0.1) is 5.60 Å². The second-order valence-electron chi connectivity index (χ2n) is 7.17. The molecule has 2 nitrogen and oxygen atoms in total. The third kappa shape index (κ3) is 4.46. The predicted molar refractivity (Wildman–Crippen MR) is 81.1 cm³/mol. The Hall–Kier alpha value is -0.0800. The minimum atomic E-state index is -0.644. The number of ether oxygens (including phenoxy) is 1. The molecule has 2 atom stereocenters. The van der Waals surface area contributed by atoms with Gasteiger partial charge in [0.1, 0.15) is 0 Å². The third-order valence-corrected chi connectivity index (χ3v) is 5.23. The molecular formula is C17H34O2. The molecule has 2 unspecified atom stereocenters. The van der Waals surface area contributed by atoms with E-state index in [9.17, 15) is 5.11 Å². The number of rotatable bonds is 7. The van der Waals surface area contributed by atoms with Gasteiger partial charge < -0.3 is 9.84 Å². The summed E-state index contributed by atoms with van der Waals surface area (Å²) in [5.41, 5.74) is -0.315. The lowest BCUT2D eigenvalue weighted by Gasteiger charge is -2.43. The van der Waals surface area contributed by atoms with Gasteiger partial charge in [-0.1, -0.05) is 46.5 Å². The Balaban J connectivity index is 2.64. The molecule has 0 spiro atoms. The van der Waals surface area contributed by atoms with E-state index in [2.05, 4.69) is 34.6 Å². The molecule has 0 bridgehead atoms. The molecule has 0 saturated heterocycles. The zero-order chi connectivity index (χ0) is 14.5. The highest BCUT2D eigenvalue weighted by molar-refractivity contribution is 4.85. The smallest absolute Gasteiger partial charge is 0.160 e. The van der Waals surface area contributed by atoms with Crippen molar-refractivity contribution in [1.82, 2.24) is 0 Å². The summed E-state index contributed by atoms with van der Waals surface area (Å²) in [5.74, 6) is 0.596. The fraction of sp³-hybridized carbons (Fsp3) is 1.00. The van der Waals surface area contributed by atoms with Crippen molar-refractivity contribution in [2.24, 2.45) is 11.3 Å². The van der Waals surface area contributed by atoms with Crippen molar-refractivity contribution in [3.63, 3.8) is 0 Å². The second-order valence-corrected chi connectivity index (χ2v) is 7.17. The molecule has 1 rings (SSSR count). The summed E-state index contributed by atoms with van der Waals surface area (Å²) in [6.45, 7) is 10.8. The van der Waals surface area contributed by atoms with Crippen molar-refractivity contribution in [2.45, 2.75) is 97.9 Å². The molecule has 19 heavy (non-hydrogen) atoms. The van der Waals surface area contributed by atoms with Crippen LogP contribution in [0.3, 0.4) is 0 Å². The van der Waals surface area contributed by atoms with Crippen LogP contribution in [0.4, 0.5) is 0 Å². The van der Waals surface area contributed by atoms with E-state index in [4.69, 9.17) is 4.74 Å². The molecule has 1 aliphatic carbocycles. The molecule has 0 amide bonds. The fourth-order valence-electron chi connectivity index (χ4n) is 3.37. The molecule has 0 aromatic carbocycles. The van der Waals surface area contributed by atoms with Gasteiger partial charge in [-0.25, -0.2) is 0 Å². The Labute approximate surface area is 119 Å². The normalized spacial score (nSPS) is 23.1. The van der Waals surface area contributed by atoms with Crippen LogP contribution in [-0.4, -0.2) is 17.0 Å². The van der Waals surface area contributed by atoms with E-state index in [1.54, 1.807) is 0 Å². The van der Waals surface area contributed by atoms with Crippen molar-refractivity contribution >= 4 is 0 Å². The van der Waals surface area contributed by atoms with Crippen LogP contribution in [0, 0.1) is 11.3 Å². The summed E-state index contributed by atoms with van der Waals surface area (Å²) < 4.78 is 6.14. The minimum absolute atomic E-state index is 0.110. The van der Waals surface area contributed by atoms with E-state index in [-0.39, 0.29) is 11.0 Å². The largest absolute Gasteiger partial charge is 0.367 e. The lowest BCUT2D eigenvalue weighted by atomic mass is 9.77. The van der Waals surface area contributed by atoms with Gasteiger partial charge in [0.25, 0.3) is 0 Å². The molecule has 0 heterocycles. The van der Waals surface area contributed by atoms with Gasteiger partial charge >= 0.3 is 0 Å². The van der Waals surface area contributed by atoms with Crippen molar-refractivity contribution < 1.29 is 9.84 Å². The monoisotopic (exact) mass is 270 g/mol. The molecule has 1 fully saturated rings. The van der Waals surface area contributed by atoms with E-state index in [1.807, 2.05) is 0 Å². The molecule has 0 radical (unpaired) electrons.